The van der Waals surface area contributed by atoms with Crippen molar-refractivity contribution in [2.75, 3.05) is 19.4 Å². The molecule has 0 spiro atoms. The smallest absolute Gasteiger partial charge is 0.161 e. The second kappa shape index (κ2) is 8.20. The van der Waals surface area contributed by atoms with Crippen molar-refractivity contribution >= 4 is 23.4 Å². The van der Waals surface area contributed by atoms with Crippen LogP contribution in [-0.2, 0) is 0 Å². The highest BCUT2D eigenvalue weighted by atomic mass is 35.5. The van der Waals surface area contributed by atoms with Crippen LogP contribution in [0.15, 0.2) is 18.2 Å². The van der Waals surface area contributed by atoms with Crippen molar-refractivity contribution in [3.63, 3.8) is 0 Å². The van der Waals surface area contributed by atoms with Gasteiger partial charge in [0.15, 0.2) is 11.5 Å². The van der Waals surface area contributed by atoms with Crippen LogP contribution in [0.25, 0.3) is 0 Å². The number of thioether (sulfide) groups is 1. The minimum absolute atomic E-state index is 0.117. The van der Waals surface area contributed by atoms with Gasteiger partial charge in [0.1, 0.15) is 0 Å². The Bertz CT molecular complexity index is 545. The summed E-state index contributed by atoms with van der Waals surface area (Å²) in [4.78, 5) is 0. The average molecular weight is 372 g/mol. The summed E-state index contributed by atoms with van der Waals surface area (Å²) in [5.74, 6) is 2.95. The van der Waals surface area contributed by atoms with E-state index in [2.05, 4.69) is 38.2 Å². The van der Waals surface area contributed by atoms with Gasteiger partial charge in [0.25, 0.3) is 0 Å². The summed E-state index contributed by atoms with van der Waals surface area (Å²) in [6, 6.07) is 6.21. The summed E-state index contributed by atoms with van der Waals surface area (Å²) in [6.07, 6.45) is 0.125. The molecule has 0 amide bonds. The second-order valence-electron chi connectivity index (χ2n) is 7.63. The van der Waals surface area contributed by atoms with E-state index in [1.165, 1.54) is 5.56 Å². The number of hydrogen-bond acceptors (Lipinski definition) is 4. The van der Waals surface area contributed by atoms with Gasteiger partial charge in [0, 0.05) is 29.0 Å². The maximum absolute atomic E-state index is 6.79. The molecule has 2 rings (SSSR count). The fourth-order valence-corrected chi connectivity index (χ4v) is 4.87. The number of benzene rings is 1. The fraction of sp³-hybridized carbons (Fsp3) is 0.684. The summed E-state index contributed by atoms with van der Waals surface area (Å²) in [6.45, 7) is 11.5. The van der Waals surface area contributed by atoms with Gasteiger partial charge in [-0.05, 0) is 52.3 Å². The number of nitrogens with one attached hydrogen (secondary N) is 1. The SMILES string of the molecule is COc1cc(C2CSC(CNC(C)(C)C)C2Cl)ccc1OC(C)C. The highest BCUT2D eigenvalue weighted by Gasteiger charge is 2.37. The molecule has 1 aliphatic rings. The van der Waals surface area contributed by atoms with Gasteiger partial charge < -0.3 is 14.8 Å². The number of halogens is 1. The Labute approximate surface area is 155 Å². The van der Waals surface area contributed by atoms with Crippen LogP contribution >= 0.6 is 23.4 Å². The molecular weight excluding hydrogens is 342 g/mol. The molecule has 3 nitrogen and oxygen atoms in total. The first-order valence-electron chi connectivity index (χ1n) is 8.56. The molecule has 0 saturated carbocycles. The van der Waals surface area contributed by atoms with E-state index >= 15 is 0 Å². The van der Waals surface area contributed by atoms with Crippen LogP contribution in [0.4, 0.5) is 0 Å². The number of ether oxygens (including phenoxy) is 2. The highest BCUT2D eigenvalue weighted by Crippen LogP contribution is 2.43. The normalized spacial score (nSPS) is 24.4. The van der Waals surface area contributed by atoms with Crippen LogP contribution in [0, 0.1) is 0 Å². The minimum Gasteiger partial charge on any atom is -0.493 e. The first kappa shape index (κ1) is 19.7. The van der Waals surface area contributed by atoms with Crippen LogP contribution in [0.2, 0.25) is 0 Å². The van der Waals surface area contributed by atoms with Gasteiger partial charge >= 0.3 is 0 Å². The molecule has 1 aromatic rings. The largest absolute Gasteiger partial charge is 0.493 e. The van der Waals surface area contributed by atoms with Crippen molar-refractivity contribution in [3.8, 4) is 11.5 Å². The van der Waals surface area contributed by atoms with Gasteiger partial charge in [-0.25, -0.2) is 0 Å². The molecule has 1 heterocycles. The zero-order valence-corrected chi connectivity index (χ0v) is 17.1. The third kappa shape index (κ3) is 5.21. The quantitative estimate of drug-likeness (QED) is 0.735. The van der Waals surface area contributed by atoms with Crippen LogP contribution in [0.5, 0.6) is 11.5 Å². The van der Waals surface area contributed by atoms with E-state index < -0.39 is 0 Å². The molecule has 1 saturated heterocycles. The zero-order chi connectivity index (χ0) is 17.9. The van der Waals surface area contributed by atoms with Crippen LogP contribution in [-0.4, -0.2) is 41.7 Å². The third-order valence-corrected chi connectivity index (χ3v) is 6.24. The molecule has 0 radical (unpaired) electrons. The molecule has 1 aromatic carbocycles. The van der Waals surface area contributed by atoms with Crippen LogP contribution < -0.4 is 14.8 Å². The first-order valence-corrected chi connectivity index (χ1v) is 10.0. The second-order valence-corrected chi connectivity index (χ2v) is 9.41. The molecule has 1 N–H and O–H groups in total. The lowest BCUT2D eigenvalue weighted by molar-refractivity contribution is 0.230. The fourth-order valence-electron chi connectivity index (χ4n) is 2.79. The van der Waals surface area contributed by atoms with Crippen molar-refractivity contribution in [1.29, 1.82) is 0 Å². The minimum atomic E-state index is 0.117. The molecule has 0 bridgehead atoms. The predicted octanol–water partition coefficient (Wildman–Crippen LogP) is 4.68. The summed E-state index contributed by atoms with van der Waals surface area (Å²) in [5, 5.41) is 4.11. The summed E-state index contributed by atoms with van der Waals surface area (Å²) < 4.78 is 11.3. The van der Waals surface area contributed by atoms with Gasteiger partial charge in [-0.2, -0.15) is 11.8 Å². The molecule has 1 fully saturated rings. The standard InChI is InChI=1S/C19H30ClNO2S/c1-12(2)23-15-8-7-13(9-16(15)22-6)14-11-24-17(18(14)20)10-21-19(3,4)5/h7-9,12,14,17-18,21H,10-11H2,1-6H3. The van der Waals surface area contributed by atoms with E-state index in [0.717, 1.165) is 23.8 Å². The van der Waals surface area contributed by atoms with E-state index in [0.29, 0.717) is 11.2 Å². The summed E-state index contributed by atoms with van der Waals surface area (Å²) in [5.41, 5.74) is 1.35. The lowest BCUT2D eigenvalue weighted by atomic mass is 9.95. The number of alkyl halides is 1. The zero-order valence-electron chi connectivity index (χ0n) is 15.6. The van der Waals surface area contributed by atoms with Crippen LogP contribution in [0.1, 0.15) is 46.1 Å². The van der Waals surface area contributed by atoms with Gasteiger partial charge in [-0.1, -0.05) is 6.07 Å². The Hall–Kier alpha value is -0.580. The Morgan fingerprint density at radius 2 is 2.00 bits per heavy atom. The van der Waals surface area contributed by atoms with E-state index in [9.17, 15) is 0 Å². The molecule has 5 heteroatoms. The third-order valence-electron chi connectivity index (χ3n) is 4.04. The van der Waals surface area contributed by atoms with Crippen molar-refractivity contribution < 1.29 is 9.47 Å². The van der Waals surface area contributed by atoms with Crippen molar-refractivity contribution in [3.05, 3.63) is 23.8 Å². The monoisotopic (exact) mass is 371 g/mol. The van der Waals surface area contributed by atoms with Gasteiger partial charge in [-0.15, -0.1) is 11.6 Å². The Morgan fingerprint density at radius 3 is 2.58 bits per heavy atom. The van der Waals surface area contributed by atoms with E-state index in [1.54, 1.807) is 7.11 Å². The molecule has 136 valence electrons. The number of hydrogen-bond donors (Lipinski definition) is 1. The lowest BCUT2D eigenvalue weighted by Crippen LogP contribution is -2.41. The van der Waals surface area contributed by atoms with E-state index in [1.807, 2.05) is 31.7 Å². The summed E-state index contributed by atoms with van der Waals surface area (Å²) in [7, 11) is 1.68. The first-order chi connectivity index (χ1) is 11.2. The molecule has 3 unspecified atom stereocenters. The van der Waals surface area contributed by atoms with Crippen LogP contribution in [0.3, 0.4) is 0 Å². The lowest BCUT2D eigenvalue weighted by Gasteiger charge is -2.25. The molecule has 24 heavy (non-hydrogen) atoms. The maximum Gasteiger partial charge on any atom is 0.161 e. The topological polar surface area (TPSA) is 30.5 Å². The molecule has 0 aliphatic carbocycles. The highest BCUT2D eigenvalue weighted by molar-refractivity contribution is 8.00. The molecular formula is C19H30ClNO2S. The maximum atomic E-state index is 6.79. The van der Waals surface area contributed by atoms with Crippen molar-refractivity contribution in [2.45, 2.75) is 62.8 Å². The number of rotatable bonds is 6. The average Bonchev–Trinajstić information content (AvgIpc) is 2.85. The Balaban J connectivity index is 2.09. The Kier molecular flexibility index (Phi) is 6.74. The van der Waals surface area contributed by atoms with Gasteiger partial charge in [-0.3, -0.25) is 0 Å². The van der Waals surface area contributed by atoms with Gasteiger partial charge in [0.05, 0.1) is 18.6 Å². The van der Waals surface area contributed by atoms with Gasteiger partial charge in [0.2, 0.25) is 0 Å². The van der Waals surface area contributed by atoms with E-state index in [-0.39, 0.29) is 17.0 Å². The molecule has 3 atom stereocenters. The van der Waals surface area contributed by atoms with Crippen molar-refractivity contribution in [2.24, 2.45) is 0 Å². The Morgan fingerprint density at radius 1 is 1.29 bits per heavy atom. The predicted molar refractivity (Wildman–Crippen MR) is 105 cm³/mol. The molecule has 1 aliphatic heterocycles. The molecule has 0 aromatic heterocycles. The summed E-state index contributed by atoms with van der Waals surface area (Å²) >= 11 is 8.75. The van der Waals surface area contributed by atoms with Crippen molar-refractivity contribution in [1.82, 2.24) is 5.32 Å². The number of methoxy groups -OCH3 is 1. The van der Waals surface area contributed by atoms with E-state index in [4.69, 9.17) is 21.1 Å².